The van der Waals surface area contributed by atoms with Crippen LogP contribution >= 0.6 is 11.6 Å². The van der Waals surface area contributed by atoms with Crippen molar-refractivity contribution in [2.24, 2.45) is 0 Å². The molecule has 3 aromatic rings. The van der Waals surface area contributed by atoms with Gasteiger partial charge in [-0.15, -0.1) is 10.2 Å². The molecular formula is C24H25ClN4O4. The van der Waals surface area contributed by atoms with Crippen molar-refractivity contribution in [3.05, 3.63) is 65.0 Å². The van der Waals surface area contributed by atoms with Gasteiger partial charge in [-0.3, -0.25) is 9.59 Å². The fraction of sp³-hybridized carbons (Fsp3) is 0.333. The standard InChI is InChI=1S/C24H25ClN4O4/c1-15(2)29(14-21-27-28-23(33-21)16-8-10-18(25)11-9-16)24(31)17-5-3-6-19(13-17)26-22(30)20-7-4-12-32-20/h3,5-6,8-11,13,15,20H,4,7,12,14H2,1-2H3,(H,26,30). The summed E-state index contributed by atoms with van der Waals surface area (Å²) in [5.74, 6) is 0.282. The molecule has 2 heterocycles. The third kappa shape index (κ3) is 5.58. The van der Waals surface area contributed by atoms with Crippen molar-refractivity contribution < 1.29 is 18.7 Å². The van der Waals surface area contributed by atoms with Gasteiger partial charge < -0.3 is 19.4 Å². The van der Waals surface area contributed by atoms with Crippen LogP contribution in [0, 0.1) is 0 Å². The summed E-state index contributed by atoms with van der Waals surface area (Å²) in [5.41, 5.74) is 1.74. The Kier molecular flexibility index (Phi) is 7.05. The summed E-state index contributed by atoms with van der Waals surface area (Å²) in [6, 6.07) is 13.8. The lowest BCUT2D eigenvalue weighted by atomic mass is 10.1. The van der Waals surface area contributed by atoms with E-state index in [1.807, 2.05) is 13.8 Å². The normalized spacial score (nSPS) is 15.6. The van der Waals surface area contributed by atoms with Crippen molar-refractivity contribution in [3.8, 4) is 11.5 Å². The van der Waals surface area contributed by atoms with Gasteiger partial charge in [0.2, 0.25) is 11.8 Å². The molecule has 1 fully saturated rings. The second-order valence-corrected chi connectivity index (χ2v) is 8.54. The number of carbonyl (C=O) groups excluding carboxylic acids is 2. The highest BCUT2D eigenvalue weighted by Gasteiger charge is 2.25. The van der Waals surface area contributed by atoms with Crippen LogP contribution in [0.3, 0.4) is 0 Å². The van der Waals surface area contributed by atoms with Gasteiger partial charge in [-0.1, -0.05) is 17.7 Å². The molecule has 1 atom stereocenters. The number of amides is 2. The maximum atomic E-state index is 13.3. The molecule has 2 amide bonds. The van der Waals surface area contributed by atoms with Gasteiger partial charge in [0.1, 0.15) is 6.10 Å². The monoisotopic (exact) mass is 468 g/mol. The largest absolute Gasteiger partial charge is 0.419 e. The van der Waals surface area contributed by atoms with Gasteiger partial charge in [-0.25, -0.2) is 0 Å². The Bertz CT molecular complexity index is 1120. The number of nitrogens with one attached hydrogen (secondary N) is 1. The van der Waals surface area contributed by atoms with E-state index in [9.17, 15) is 9.59 Å². The lowest BCUT2D eigenvalue weighted by Crippen LogP contribution is -2.36. The summed E-state index contributed by atoms with van der Waals surface area (Å²) in [6.45, 7) is 4.58. The predicted molar refractivity (Wildman–Crippen MR) is 124 cm³/mol. The van der Waals surface area contributed by atoms with E-state index in [1.54, 1.807) is 53.4 Å². The van der Waals surface area contributed by atoms with Gasteiger partial charge in [0.15, 0.2) is 0 Å². The average Bonchev–Trinajstić information content (AvgIpc) is 3.50. The summed E-state index contributed by atoms with van der Waals surface area (Å²) >= 11 is 5.93. The van der Waals surface area contributed by atoms with E-state index in [0.29, 0.717) is 41.1 Å². The Balaban J connectivity index is 1.47. The minimum Gasteiger partial charge on any atom is -0.419 e. The third-order valence-electron chi connectivity index (χ3n) is 5.35. The van der Waals surface area contributed by atoms with Crippen molar-refractivity contribution in [3.63, 3.8) is 0 Å². The number of rotatable bonds is 7. The zero-order valence-electron chi connectivity index (χ0n) is 18.5. The molecule has 1 unspecified atom stereocenters. The SMILES string of the molecule is CC(C)N(Cc1nnc(-c2ccc(Cl)cc2)o1)C(=O)c1cccc(NC(=O)C2CCCO2)c1. The number of hydrogen-bond acceptors (Lipinski definition) is 6. The second-order valence-electron chi connectivity index (χ2n) is 8.11. The molecule has 1 aromatic heterocycles. The summed E-state index contributed by atoms with van der Waals surface area (Å²) in [4.78, 5) is 27.3. The van der Waals surface area contributed by atoms with Crippen LogP contribution in [0.15, 0.2) is 52.9 Å². The maximum Gasteiger partial charge on any atom is 0.254 e. The van der Waals surface area contributed by atoms with Crippen LogP contribution in [-0.2, 0) is 16.1 Å². The Morgan fingerprint density at radius 3 is 2.67 bits per heavy atom. The molecule has 0 radical (unpaired) electrons. The first kappa shape index (κ1) is 22.9. The summed E-state index contributed by atoms with van der Waals surface area (Å²) in [6.07, 6.45) is 1.13. The van der Waals surface area contributed by atoms with E-state index in [0.717, 1.165) is 12.0 Å². The van der Waals surface area contributed by atoms with E-state index in [4.69, 9.17) is 20.8 Å². The fourth-order valence-electron chi connectivity index (χ4n) is 3.56. The number of carbonyl (C=O) groups is 2. The fourth-order valence-corrected chi connectivity index (χ4v) is 3.69. The van der Waals surface area contributed by atoms with Gasteiger partial charge in [-0.05, 0) is 69.2 Å². The molecule has 2 aromatic carbocycles. The van der Waals surface area contributed by atoms with E-state index in [2.05, 4.69) is 15.5 Å². The molecule has 0 bridgehead atoms. The Labute approximate surface area is 196 Å². The minimum absolute atomic E-state index is 0.117. The van der Waals surface area contributed by atoms with Crippen molar-refractivity contribution in [2.45, 2.75) is 45.4 Å². The molecule has 0 saturated carbocycles. The van der Waals surface area contributed by atoms with Crippen LogP contribution < -0.4 is 5.32 Å². The van der Waals surface area contributed by atoms with Gasteiger partial charge in [0.05, 0.1) is 6.54 Å². The lowest BCUT2D eigenvalue weighted by molar-refractivity contribution is -0.124. The minimum atomic E-state index is -0.441. The molecule has 1 saturated heterocycles. The quantitative estimate of drug-likeness (QED) is 0.546. The smallest absolute Gasteiger partial charge is 0.254 e. The first-order chi connectivity index (χ1) is 15.9. The van der Waals surface area contributed by atoms with E-state index in [1.165, 1.54) is 0 Å². The molecule has 0 spiro atoms. The first-order valence-corrected chi connectivity index (χ1v) is 11.2. The molecular weight excluding hydrogens is 444 g/mol. The molecule has 1 N–H and O–H groups in total. The van der Waals surface area contributed by atoms with Crippen LogP contribution in [0.25, 0.3) is 11.5 Å². The average molecular weight is 469 g/mol. The molecule has 172 valence electrons. The van der Waals surface area contributed by atoms with E-state index in [-0.39, 0.29) is 24.4 Å². The first-order valence-electron chi connectivity index (χ1n) is 10.8. The van der Waals surface area contributed by atoms with Gasteiger partial charge in [0.25, 0.3) is 11.8 Å². The molecule has 1 aliphatic rings. The molecule has 9 heteroatoms. The van der Waals surface area contributed by atoms with Gasteiger partial charge in [0, 0.05) is 34.5 Å². The Morgan fingerprint density at radius 1 is 1.18 bits per heavy atom. The van der Waals surface area contributed by atoms with E-state index >= 15 is 0 Å². The van der Waals surface area contributed by atoms with Crippen molar-refractivity contribution in [1.29, 1.82) is 0 Å². The summed E-state index contributed by atoms with van der Waals surface area (Å²) < 4.78 is 11.2. The van der Waals surface area contributed by atoms with Crippen LogP contribution in [0.4, 0.5) is 5.69 Å². The summed E-state index contributed by atoms with van der Waals surface area (Å²) in [5, 5.41) is 11.6. The number of hydrogen-bond donors (Lipinski definition) is 1. The summed E-state index contributed by atoms with van der Waals surface area (Å²) in [7, 11) is 0. The predicted octanol–water partition coefficient (Wildman–Crippen LogP) is 4.56. The third-order valence-corrected chi connectivity index (χ3v) is 5.60. The van der Waals surface area contributed by atoms with Crippen molar-refractivity contribution >= 4 is 29.1 Å². The number of aromatic nitrogens is 2. The topological polar surface area (TPSA) is 97.6 Å². The molecule has 0 aliphatic carbocycles. The van der Waals surface area contributed by atoms with Crippen LogP contribution in [0.5, 0.6) is 0 Å². The number of halogens is 1. The lowest BCUT2D eigenvalue weighted by Gasteiger charge is -2.25. The second kappa shape index (κ2) is 10.1. The molecule has 1 aliphatic heterocycles. The highest BCUT2D eigenvalue weighted by atomic mass is 35.5. The zero-order valence-corrected chi connectivity index (χ0v) is 19.2. The van der Waals surface area contributed by atoms with Crippen LogP contribution in [0.1, 0.15) is 42.9 Å². The number of ether oxygens (including phenoxy) is 1. The number of benzene rings is 2. The Morgan fingerprint density at radius 2 is 1.97 bits per heavy atom. The molecule has 4 rings (SSSR count). The van der Waals surface area contributed by atoms with Crippen LogP contribution in [0.2, 0.25) is 5.02 Å². The molecule has 8 nitrogen and oxygen atoms in total. The zero-order chi connectivity index (χ0) is 23.4. The molecule has 33 heavy (non-hydrogen) atoms. The Hall–Kier alpha value is -3.23. The van der Waals surface area contributed by atoms with Gasteiger partial charge >= 0.3 is 0 Å². The highest BCUT2D eigenvalue weighted by molar-refractivity contribution is 6.30. The van der Waals surface area contributed by atoms with Crippen LogP contribution in [-0.4, -0.2) is 45.7 Å². The van der Waals surface area contributed by atoms with Crippen molar-refractivity contribution in [2.75, 3.05) is 11.9 Å². The number of nitrogens with zero attached hydrogens (tertiary/aromatic N) is 3. The maximum absolute atomic E-state index is 13.3. The van der Waals surface area contributed by atoms with Gasteiger partial charge in [-0.2, -0.15) is 0 Å². The highest BCUT2D eigenvalue weighted by Crippen LogP contribution is 2.22. The van der Waals surface area contributed by atoms with E-state index < -0.39 is 6.10 Å². The number of anilines is 1. The van der Waals surface area contributed by atoms with Crippen molar-refractivity contribution in [1.82, 2.24) is 15.1 Å².